The molecule has 0 aliphatic carbocycles. The molecule has 2 aromatic rings. The van der Waals surface area contributed by atoms with E-state index in [1.54, 1.807) is 20.2 Å². The van der Waals surface area contributed by atoms with Crippen LogP contribution in [0.2, 0.25) is 0 Å². The van der Waals surface area contributed by atoms with Crippen LogP contribution in [0.15, 0.2) is 24.4 Å². The fourth-order valence-electron chi connectivity index (χ4n) is 1.86. The molecule has 21 heavy (non-hydrogen) atoms. The lowest BCUT2D eigenvalue weighted by Crippen LogP contribution is -2.15. The van der Waals surface area contributed by atoms with Crippen molar-refractivity contribution in [1.82, 2.24) is 9.78 Å². The number of rotatable bonds is 2. The Morgan fingerprint density at radius 2 is 2.05 bits per heavy atom. The molecule has 3 N–H and O–H groups in total. The highest BCUT2D eigenvalue weighted by atomic mass is 19.4. The summed E-state index contributed by atoms with van der Waals surface area (Å²) in [5.74, 6) is -0.656. The van der Waals surface area contributed by atoms with Gasteiger partial charge in [-0.2, -0.15) is 18.3 Å². The molecule has 2 rings (SSSR count). The number of nitrogens with one attached hydrogen (secondary N) is 1. The number of nitrogen functional groups attached to an aromatic ring is 1. The van der Waals surface area contributed by atoms with Gasteiger partial charge >= 0.3 is 6.18 Å². The van der Waals surface area contributed by atoms with Crippen molar-refractivity contribution in [2.24, 2.45) is 7.05 Å². The van der Waals surface area contributed by atoms with E-state index in [0.29, 0.717) is 11.4 Å². The number of amides is 1. The maximum Gasteiger partial charge on any atom is 0.418 e. The van der Waals surface area contributed by atoms with Crippen molar-refractivity contribution in [3.8, 4) is 0 Å². The minimum Gasteiger partial charge on any atom is -0.398 e. The molecular weight excluding hydrogens is 285 g/mol. The first-order valence-electron chi connectivity index (χ1n) is 5.97. The molecule has 0 unspecified atom stereocenters. The van der Waals surface area contributed by atoms with Crippen LogP contribution in [0.1, 0.15) is 21.6 Å². The van der Waals surface area contributed by atoms with Crippen LogP contribution in [0.5, 0.6) is 0 Å². The highest BCUT2D eigenvalue weighted by Gasteiger charge is 2.33. The SMILES string of the molecule is Cc1nn(C)cc1NC(=O)c1ccc(N)c(C(F)(F)F)c1. The standard InChI is InChI=1S/C13H13F3N4O/c1-7-11(6-20(2)19-7)18-12(21)8-3-4-10(17)9(5-8)13(14,15)16/h3-6H,17H2,1-2H3,(H,18,21). The van der Waals surface area contributed by atoms with Crippen LogP contribution >= 0.6 is 0 Å². The predicted octanol–water partition coefficient (Wildman–Crippen LogP) is 2.58. The van der Waals surface area contributed by atoms with E-state index in [2.05, 4.69) is 10.4 Å². The average molecular weight is 298 g/mol. The molecule has 112 valence electrons. The van der Waals surface area contributed by atoms with E-state index in [9.17, 15) is 18.0 Å². The van der Waals surface area contributed by atoms with Gasteiger partial charge in [0.25, 0.3) is 5.91 Å². The van der Waals surface area contributed by atoms with Crippen molar-refractivity contribution >= 4 is 17.3 Å². The first kappa shape index (κ1) is 14.9. The van der Waals surface area contributed by atoms with E-state index in [1.165, 1.54) is 10.7 Å². The number of carbonyl (C=O) groups is 1. The summed E-state index contributed by atoms with van der Waals surface area (Å²) >= 11 is 0. The van der Waals surface area contributed by atoms with E-state index < -0.39 is 23.3 Å². The minimum absolute atomic E-state index is 0.125. The van der Waals surface area contributed by atoms with E-state index in [4.69, 9.17) is 5.73 Å². The van der Waals surface area contributed by atoms with E-state index in [1.807, 2.05) is 0 Å². The number of anilines is 2. The average Bonchev–Trinajstić information content (AvgIpc) is 2.66. The third-order valence-corrected chi connectivity index (χ3v) is 2.88. The molecule has 1 amide bonds. The summed E-state index contributed by atoms with van der Waals surface area (Å²) in [6.07, 6.45) is -3.04. The Balaban J connectivity index is 2.30. The van der Waals surface area contributed by atoms with Gasteiger partial charge in [-0.25, -0.2) is 0 Å². The summed E-state index contributed by atoms with van der Waals surface area (Å²) < 4.78 is 39.8. The van der Waals surface area contributed by atoms with Gasteiger partial charge in [-0.3, -0.25) is 9.48 Å². The molecule has 1 aromatic heterocycles. The van der Waals surface area contributed by atoms with Crippen molar-refractivity contribution in [3.63, 3.8) is 0 Å². The molecule has 0 spiro atoms. The largest absolute Gasteiger partial charge is 0.418 e. The number of nitrogens with zero attached hydrogens (tertiary/aromatic N) is 2. The van der Waals surface area contributed by atoms with Gasteiger partial charge in [0.2, 0.25) is 0 Å². The van der Waals surface area contributed by atoms with Crippen LogP contribution in [0, 0.1) is 6.92 Å². The van der Waals surface area contributed by atoms with Crippen molar-refractivity contribution in [3.05, 3.63) is 41.2 Å². The second-order valence-corrected chi connectivity index (χ2v) is 4.56. The maximum atomic E-state index is 12.8. The van der Waals surface area contributed by atoms with Crippen LogP contribution in [-0.2, 0) is 13.2 Å². The molecule has 0 saturated heterocycles. The highest BCUT2D eigenvalue weighted by Crippen LogP contribution is 2.34. The summed E-state index contributed by atoms with van der Waals surface area (Å²) in [6.45, 7) is 1.68. The zero-order valence-electron chi connectivity index (χ0n) is 11.3. The normalized spacial score (nSPS) is 11.5. The molecule has 0 bridgehead atoms. The van der Waals surface area contributed by atoms with Gasteiger partial charge in [0, 0.05) is 24.5 Å². The fourth-order valence-corrected chi connectivity index (χ4v) is 1.86. The van der Waals surface area contributed by atoms with Gasteiger partial charge in [-0.1, -0.05) is 0 Å². The Morgan fingerprint density at radius 3 is 2.57 bits per heavy atom. The molecular formula is C13H13F3N4O. The third kappa shape index (κ3) is 3.15. The smallest absolute Gasteiger partial charge is 0.398 e. The quantitative estimate of drug-likeness (QED) is 0.837. The predicted molar refractivity (Wildman–Crippen MR) is 71.8 cm³/mol. The van der Waals surface area contributed by atoms with Crippen LogP contribution < -0.4 is 11.1 Å². The number of nitrogens with two attached hydrogens (primary N) is 1. The summed E-state index contributed by atoms with van der Waals surface area (Å²) in [4.78, 5) is 12.0. The molecule has 0 fully saturated rings. The lowest BCUT2D eigenvalue weighted by molar-refractivity contribution is -0.136. The van der Waals surface area contributed by atoms with Crippen LogP contribution in [0.25, 0.3) is 0 Å². The summed E-state index contributed by atoms with van der Waals surface area (Å²) in [5.41, 5.74) is 4.72. The molecule has 0 radical (unpaired) electrons. The Bertz CT molecular complexity index is 691. The molecule has 1 aromatic carbocycles. The second kappa shape index (κ2) is 5.12. The van der Waals surface area contributed by atoms with Gasteiger partial charge in [0.1, 0.15) is 0 Å². The van der Waals surface area contributed by atoms with Gasteiger partial charge in [0.15, 0.2) is 0 Å². The molecule has 0 aliphatic rings. The number of halogens is 3. The topological polar surface area (TPSA) is 72.9 Å². The zero-order chi connectivity index (χ0) is 15.8. The van der Waals surface area contributed by atoms with Crippen molar-refractivity contribution in [2.75, 3.05) is 11.1 Å². The van der Waals surface area contributed by atoms with Gasteiger partial charge in [-0.15, -0.1) is 0 Å². The summed E-state index contributed by atoms with van der Waals surface area (Å²) in [5, 5.41) is 6.55. The zero-order valence-corrected chi connectivity index (χ0v) is 11.3. The number of hydrogen-bond donors (Lipinski definition) is 2. The number of alkyl halides is 3. The number of aromatic nitrogens is 2. The van der Waals surface area contributed by atoms with Crippen LogP contribution in [0.3, 0.4) is 0 Å². The Kier molecular flexibility index (Phi) is 3.63. The molecule has 0 aliphatic heterocycles. The van der Waals surface area contributed by atoms with Crippen molar-refractivity contribution in [2.45, 2.75) is 13.1 Å². The fraction of sp³-hybridized carbons (Fsp3) is 0.231. The number of benzene rings is 1. The lowest BCUT2D eigenvalue weighted by atomic mass is 10.1. The summed E-state index contributed by atoms with van der Waals surface area (Å²) in [6, 6.07) is 3.04. The van der Waals surface area contributed by atoms with Crippen LogP contribution in [-0.4, -0.2) is 15.7 Å². The Morgan fingerprint density at radius 1 is 1.38 bits per heavy atom. The maximum absolute atomic E-state index is 12.8. The Hall–Kier alpha value is -2.51. The van der Waals surface area contributed by atoms with Gasteiger partial charge in [-0.05, 0) is 25.1 Å². The first-order chi connectivity index (χ1) is 9.68. The van der Waals surface area contributed by atoms with Crippen molar-refractivity contribution < 1.29 is 18.0 Å². The van der Waals surface area contributed by atoms with Crippen molar-refractivity contribution in [1.29, 1.82) is 0 Å². The first-order valence-corrected chi connectivity index (χ1v) is 5.97. The third-order valence-electron chi connectivity index (χ3n) is 2.88. The van der Waals surface area contributed by atoms with E-state index in [-0.39, 0.29) is 5.56 Å². The second-order valence-electron chi connectivity index (χ2n) is 4.56. The summed E-state index contributed by atoms with van der Waals surface area (Å²) in [7, 11) is 1.67. The van der Waals surface area contributed by atoms with E-state index in [0.717, 1.165) is 12.1 Å². The number of hydrogen-bond acceptors (Lipinski definition) is 3. The molecule has 0 atom stereocenters. The number of carbonyl (C=O) groups excluding carboxylic acids is 1. The Labute approximate surface area is 118 Å². The molecule has 8 heteroatoms. The molecule has 5 nitrogen and oxygen atoms in total. The monoisotopic (exact) mass is 298 g/mol. The lowest BCUT2D eigenvalue weighted by Gasteiger charge is -2.11. The highest BCUT2D eigenvalue weighted by molar-refractivity contribution is 6.04. The van der Waals surface area contributed by atoms with Gasteiger partial charge < -0.3 is 11.1 Å². The van der Waals surface area contributed by atoms with Gasteiger partial charge in [0.05, 0.1) is 16.9 Å². The molecule has 1 heterocycles. The van der Waals surface area contributed by atoms with Crippen LogP contribution in [0.4, 0.5) is 24.5 Å². The minimum atomic E-state index is -4.61. The van der Waals surface area contributed by atoms with E-state index >= 15 is 0 Å². The molecule has 0 saturated carbocycles. The number of aryl methyl sites for hydroxylation is 2.